The highest BCUT2D eigenvalue weighted by Gasteiger charge is 2.29. The maximum Gasteiger partial charge on any atom is 0.126 e. The summed E-state index contributed by atoms with van der Waals surface area (Å²) < 4.78 is 6.07. The normalized spacial score (nSPS) is 18.2. The third-order valence-electron chi connectivity index (χ3n) is 4.58. The fourth-order valence-electron chi connectivity index (χ4n) is 2.67. The van der Waals surface area contributed by atoms with E-state index in [9.17, 15) is 5.11 Å². The van der Waals surface area contributed by atoms with E-state index in [1.165, 1.54) is 31.2 Å². The Morgan fingerprint density at radius 1 is 1.22 bits per heavy atom. The summed E-state index contributed by atoms with van der Waals surface area (Å²) in [7, 11) is 0. The van der Waals surface area contributed by atoms with E-state index in [1.807, 2.05) is 18.3 Å². The fourth-order valence-corrected chi connectivity index (χ4v) is 2.67. The molecule has 0 radical (unpaired) electrons. The van der Waals surface area contributed by atoms with Gasteiger partial charge in [-0.05, 0) is 57.4 Å². The number of rotatable bonds is 6. The monoisotopic (exact) mass is 313 g/mol. The number of hydrogen-bond acceptors (Lipinski definition) is 4. The van der Waals surface area contributed by atoms with Gasteiger partial charge >= 0.3 is 0 Å². The van der Waals surface area contributed by atoms with Gasteiger partial charge in [0.2, 0.25) is 0 Å². The predicted molar refractivity (Wildman–Crippen MR) is 87.3 cm³/mol. The molecule has 2 saturated carbocycles. The van der Waals surface area contributed by atoms with Crippen LogP contribution in [0.15, 0.2) is 18.3 Å². The largest absolute Gasteiger partial charge is 0.493 e. The van der Waals surface area contributed by atoms with Crippen LogP contribution >= 0.6 is 0 Å². The van der Waals surface area contributed by atoms with E-state index in [4.69, 9.17) is 4.74 Å². The first-order valence-corrected chi connectivity index (χ1v) is 8.42. The molecule has 2 N–H and O–H groups in total. The minimum absolute atomic E-state index is 0.608. The van der Waals surface area contributed by atoms with Gasteiger partial charge < -0.3 is 9.84 Å². The van der Waals surface area contributed by atoms with Crippen molar-refractivity contribution in [3.63, 3.8) is 0 Å². The molecule has 0 bridgehead atoms. The number of hydrogen-bond donors (Lipinski definition) is 2. The molecule has 5 nitrogen and oxygen atoms in total. The van der Waals surface area contributed by atoms with E-state index in [-0.39, 0.29) is 0 Å². The molecule has 2 aromatic heterocycles. The van der Waals surface area contributed by atoms with Gasteiger partial charge in [-0.3, -0.25) is 10.1 Å². The lowest BCUT2D eigenvalue weighted by Gasteiger charge is -2.13. The molecule has 23 heavy (non-hydrogen) atoms. The molecular weight excluding hydrogens is 290 g/mol. The molecule has 2 aromatic rings. The van der Waals surface area contributed by atoms with Crippen molar-refractivity contribution in [1.29, 1.82) is 0 Å². The second-order valence-corrected chi connectivity index (χ2v) is 7.36. The average molecular weight is 313 g/mol. The van der Waals surface area contributed by atoms with Crippen LogP contribution in [0.5, 0.6) is 5.75 Å². The highest BCUT2D eigenvalue weighted by atomic mass is 16.5. The number of nitrogens with zero attached hydrogens (tertiary/aromatic N) is 2. The quantitative estimate of drug-likeness (QED) is 0.858. The molecular formula is C18H23N3O2. The van der Waals surface area contributed by atoms with E-state index in [1.54, 1.807) is 13.8 Å². The van der Waals surface area contributed by atoms with Crippen molar-refractivity contribution in [3.8, 4) is 17.1 Å². The van der Waals surface area contributed by atoms with E-state index in [2.05, 4.69) is 15.2 Å². The van der Waals surface area contributed by atoms with Crippen LogP contribution in [0, 0.1) is 5.92 Å². The van der Waals surface area contributed by atoms with Crippen LogP contribution in [0.2, 0.25) is 0 Å². The van der Waals surface area contributed by atoms with Gasteiger partial charge in [-0.1, -0.05) is 0 Å². The first-order valence-electron chi connectivity index (χ1n) is 8.42. The van der Waals surface area contributed by atoms with Gasteiger partial charge in [0, 0.05) is 17.8 Å². The first kappa shape index (κ1) is 14.7. The van der Waals surface area contributed by atoms with Crippen molar-refractivity contribution in [2.24, 2.45) is 5.92 Å². The lowest BCUT2D eigenvalue weighted by molar-refractivity contribution is 0.0738. The lowest BCUT2D eigenvalue weighted by atomic mass is 10.0. The molecule has 2 aliphatic rings. The zero-order valence-corrected chi connectivity index (χ0v) is 13.7. The molecule has 0 aliphatic heterocycles. The SMILES string of the molecule is CC(C)(O)c1cc(-c2cc(OCC3CC3)c(C3CC3)cn2)n[nH]1. The van der Waals surface area contributed by atoms with E-state index in [0.29, 0.717) is 11.6 Å². The van der Waals surface area contributed by atoms with Crippen molar-refractivity contribution in [2.75, 3.05) is 6.61 Å². The van der Waals surface area contributed by atoms with E-state index in [0.717, 1.165) is 29.7 Å². The zero-order valence-electron chi connectivity index (χ0n) is 13.7. The third-order valence-corrected chi connectivity index (χ3v) is 4.58. The number of aliphatic hydroxyl groups is 1. The summed E-state index contributed by atoms with van der Waals surface area (Å²) in [5, 5.41) is 17.2. The Morgan fingerprint density at radius 2 is 2.00 bits per heavy atom. The summed E-state index contributed by atoms with van der Waals surface area (Å²) in [6.45, 7) is 4.27. The van der Waals surface area contributed by atoms with Crippen LogP contribution in [0.3, 0.4) is 0 Å². The Labute approximate surface area is 136 Å². The molecule has 122 valence electrons. The topological polar surface area (TPSA) is 71.0 Å². The summed E-state index contributed by atoms with van der Waals surface area (Å²) in [6, 6.07) is 3.85. The smallest absolute Gasteiger partial charge is 0.126 e. The summed E-state index contributed by atoms with van der Waals surface area (Å²) in [6.07, 6.45) is 6.96. The number of ether oxygens (including phenoxy) is 1. The number of nitrogens with one attached hydrogen (secondary N) is 1. The number of aromatic amines is 1. The minimum Gasteiger partial charge on any atom is -0.493 e. The molecule has 0 saturated heterocycles. The van der Waals surface area contributed by atoms with Crippen molar-refractivity contribution >= 4 is 0 Å². The summed E-state index contributed by atoms with van der Waals surface area (Å²) in [5.41, 5.74) is 2.49. The van der Waals surface area contributed by atoms with Crippen LogP contribution in [0.1, 0.15) is 56.7 Å². The second-order valence-electron chi connectivity index (χ2n) is 7.36. The average Bonchev–Trinajstić information content (AvgIpc) is 3.43. The summed E-state index contributed by atoms with van der Waals surface area (Å²) in [5.74, 6) is 2.29. The maximum absolute atomic E-state index is 10.1. The van der Waals surface area contributed by atoms with E-state index < -0.39 is 5.60 Å². The van der Waals surface area contributed by atoms with Gasteiger partial charge in [-0.2, -0.15) is 5.10 Å². The number of H-pyrrole nitrogens is 1. The van der Waals surface area contributed by atoms with Gasteiger partial charge in [-0.25, -0.2) is 0 Å². The minimum atomic E-state index is -0.940. The number of aromatic nitrogens is 3. The van der Waals surface area contributed by atoms with Crippen molar-refractivity contribution in [1.82, 2.24) is 15.2 Å². The molecule has 0 aromatic carbocycles. The second kappa shape index (κ2) is 5.34. The van der Waals surface area contributed by atoms with Crippen molar-refractivity contribution < 1.29 is 9.84 Å². The molecule has 0 unspecified atom stereocenters. The van der Waals surface area contributed by atoms with Gasteiger partial charge in [0.25, 0.3) is 0 Å². The Morgan fingerprint density at radius 3 is 2.61 bits per heavy atom. The van der Waals surface area contributed by atoms with Crippen LogP contribution < -0.4 is 4.74 Å². The van der Waals surface area contributed by atoms with Crippen LogP contribution in [0.25, 0.3) is 11.4 Å². The zero-order chi connectivity index (χ0) is 16.0. The standard InChI is InChI=1S/C18H23N3O2/c1-18(2,22)17-8-15(20-21-17)14-7-16(23-10-11-3-4-11)13(9-19-14)12-5-6-12/h7-9,11-12,22H,3-6,10H2,1-2H3,(H,20,21). The molecule has 2 aliphatic carbocycles. The molecule has 5 heteroatoms. The lowest BCUT2D eigenvalue weighted by Crippen LogP contribution is -2.15. The van der Waals surface area contributed by atoms with Gasteiger partial charge in [-0.15, -0.1) is 0 Å². The van der Waals surface area contributed by atoms with E-state index >= 15 is 0 Å². The molecule has 0 amide bonds. The molecule has 0 atom stereocenters. The van der Waals surface area contributed by atoms with Gasteiger partial charge in [0.05, 0.1) is 18.0 Å². The first-order chi connectivity index (χ1) is 11.0. The van der Waals surface area contributed by atoms with Crippen molar-refractivity contribution in [3.05, 3.63) is 29.6 Å². The number of pyridine rings is 1. The van der Waals surface area contributed by atoms with Crippen molar-refractivity contribution in [2.45, 2.75) is 51.0 Å². The predicted octanol–water partition coefficient (Wildman–Crippen LogP) is 3.37. The maximum atomic E-state index is 10.1. The fraction of sp³-hybridized carbons (Fsp3) is 0.556. The Hall–Kier alpha value is -1.88. The highest BCUT2D eigenvalue weighted by Crippen LogP contribution is 2.45. The molecule has 2 heterocycles. The Kier molecular flexibility index (Phi) is 3.41. The Bertz CT molecular complexity index is 709. The third kappa shape index (κ3) is 3.24. The van der Waals surface area contributed by atoms with Crippen LogP contribution in [-0.4, -0.2) is 26.9 Å². The summed E-state index contributed by atoms with van der Waals surface area (Å²) >= 11 is 0. The molecule has 0 spiro atoms. The van der Waals surface area contributed by atoms with Gasteiger partial charge in [0.15, 0.2) is 0 Å². The highest BCUT2D eigenvalue weighted by molar-refractivity contribution is 5.58. The summed E-state index contributed by atoms with van der Waals surface area (Å²) in [4.78, 5) is 4.56. The Balaban J connectivity index is 1.62. The molecule has 2 fully saturated rings. The van der Waals surface area contributed by atoms with Crippen LogP contribution in [-0.2, 0) is 5.60 Å². The van der Waals surface area contributed by atoms with Crippen LogP contribution in [0.4, 0.5) is 0 Å². The molecule has 4 rings (SSSR count). The van der Waals surface area contributed by atoms with Gasteiger partial charge in [0.1, 0.15) is 17.0 Å².